The number of rotatable bonds is 3. The van der Waals surface area contributed by atoms with E-state index in [1.165, 1.54) is 12.8 Å². The molecular formula is C19H27ClN2O2. The van der Waals surface area contributed by atoms with Crippen LogP contribution in [0, 0.1) is 5.41 Å². The van der Waals surface area contributed by atoms with Crippen molar-refractivity contribution in [3.63, 3.8) is 0 Å². The van der Waals surface area contributed by atoms with Crippen LogP contribution in [-0.4, -0.2) is 36.0 Å². The highest BCUT2D eigenvalue weighted by atomic mass is 35.5. The molecule has 2 N–H and O–H groups in total. The zero-order chi connectivity index (χ0) is 17.3. The lowest BCUT2D eigenvalue weighted by Crippen LogP contribution is -2.54. The van der Waals surface area contributed by atoms with Gasteiger partial charge in [-0.2, -0.15) is 0 Å². The Hall–Kier alpha value is -1.26. The molecule has 1 amide bonds. The summed E-state index contributed by atoms with van der Waals surface area (Å²) in [7, 11) is 0. The Kier molecular flexibility index (Phi) is 5.07. The highest BCUT2D eigenvalue weighted by molar-refractivity contribution is 6.31. The fourth-order valence-corrected chi connectivity index (χ4v) is 3.85. The summed E-state index contributed by atoms with van der Waals surface area (Å²) in [6.07, 6.45) is 5.53. The van der Waals surface area contributed by atoms with E-state index in [2.05, 4.69) is 13.8 Å². The van der Waals surface area contributed by atoms with Crippen molar-refractivity contribution in [1.82, 2.24) is 4.90 Å². The molecule has 1 unspecified atom stereocenters. The first-order valence-corrected chi connectivity index (χ1v) is 9.26. The van der Waals surface area contributed by atoms with Gasteiger partial charge in [-0.15, -0.1) is 0 Å². The minimum absolute atomic E-state index is 0.00882. The molecule has 0 bridgehead atoms. The second-order valence-electron chi connectivity index (χ2n) is 7.78. The van der Waals surface area contributed by atoms with E-state index < -0.39 is 0 Å². The number of amides is 1. The molecule has 2 fully saturated rings. The second-order valence-corrected chi connectivity index (χ2v) is 8.21. The Morgan fingerprint density at radius 2 is 2.00 bits per heavy atom. The Balaban J connectivity index is 1.82. The summed E-state index contributed by atoms with van der Waals surface area (Å²) in [5, 5.41) is 0.560. The summed E-state index contributed by atoms with van der Waals surface area (Å²) in [6, 6.07) is 5.47. The molecule has 1 atom stereocenters. The first-order chi connectivity index (χ1) is 11.4. The van der Waals surface area contributed by atoms with E-state index in [1.807, 2.05) is 11.0 Å². The van der Waals surface area contributed by atoms with Crippen LogP contribution in [0.15, 0.2) is 18.2 Å². The summed E-state index contributed by atoms with van der Waals surface area (Å²) < 4.78 is 6.12. The minimum atomic E-state index is -0.0844. The van der Waals surface area contributed by atoms with E-state index in [0.29, 0.717) is 29.4 Å². The Labute approximate surface area is 149 Å². The van der Waals surface area contributed by atoms with E-state index in [-0.39, 0.29) is 23.5 Å². The van der Waals surface area contributed by atoms with E-state index in [4.69, 9.17) is 22.1 Å². The lowest BCUT2D eigenvalue weighted by Gasteiger charge is -2.42. The Morgan fingerprint density at radius 1 is 1.29 bits per heavy atom. The van der Waals surface area contributed by atoms with Crippen LogP contribution < -0.4 is 10.5 Å². The normalized spacial score (nSPS) is 24.2. The number of nitrogens with two attached hydrogens (primary N) is 1. The van der Waals surface area contributed by atoms with Gasteiger partial charge in [-0.05, 0) is 55.7 Å². The van der Waals surface area contributed by atoms with E-state index >= 15 is 0 Å². The molecule has 1 saturated heterocycles. The second kappa shape index (κ2) is 6.93. The van der Waals surface area contributed by atoms with Crippen molar-refractivity contribution in [3.05, 3.63) is 28.8 Å². The molecule has 1 heterocycles. The maximum Gasteiger partial charge on any atom is 0.257 e. The summed E-state index contributed by atoms with van der Waals surface area (Å²) in [5.41, 5.74) is 6.68. The van der Waals surface area contributed by atoms with Gasteiger partial charge in [-0.1, -0.05) is 25.4 Å². The van der Waals surface area contributed by atoms with Crippen LogP contribution in [0.5, 0.6) is 5.75 Å². The number of hydrogen-bond acceptors (Lipinski definition) is 3. The van der Waals surface area contributed by atoms with Gasteiger partial charge >= 0.3 is 0 Å². The average Bonchev–Trinajstić information content (AvgIpc) is 3.04. The first kappa shape index (κ1) is 17.6. The van der Waals surface area contributed by atoms with E-state index in [1.54, 1.807) is 12.1 Å². The standard InChI is InChI=1S/C19H27ClN2O2/c1-19(2)12-22(10-9-17(19)21)18(23)15-11-13(20)7-8-16(15)24-14-5-3-4-6-14/h7-8,11,14,17H,3-6,9-10,12,21H2,1-2H3. The molecular weight excluding hydrogens is 324 g/mol. The van der Waals surface area contributed by atoms with Crippen LogP contribution in [0.1, 0.15) is 56.3 Å². The lowest BCUT2D eigenvalue weighted by molar-refractivity contribution is 0.0527. The number of halogens is 1. The number of hydrogen-bond donors (Lipinski definition) is 1. The van der Waals surface area contributed by atoms with Gasteiger partial charge in [0.05, 0.1) is 11.7 Å². The first-order valence-electron chi connectivity index (χ1n) is 8.88. The quantitative estimate of drug-likeness (QED) is 0.900. The summed E-state index contributed by atoms with van der Waals surface area (Å²) >= 11 is 6.15. The molecule has 1 aliphatic carbocycles. The zero-order valence-electron chi connectivity index (χ0n) is 14.6. The van der Waals surface area contributed by atoms with Crippen molar-refractivity contribution in [2.24, 2.45) is 11.1 Å². The van der Waals surface area contributed by atoms with Crippen molar-refractivity contribution in [2.75, 3.05) is 13.1 Å². The number of nitrogens with zero attached hydrogens (tertiary/aromatic N) is 1. The third-order valence-corrected chi connectivity index (χ3v) is 5.60. The topological polar surface area (TPSA) is 55.6 Å². The molecule has 1 aromatic carbocycles. The molecule has 0 aromatic heterocycles. The SMILES string of the molecule is CC1(C)CN(C(=O)c2cc(Cl)ccc2OC2CCCC2)CCC1N. The van der Waals surface area contributed by atoms with Crippen molar-refractivity contribution in [2.45, 2.75) is 58.1 Å². The predicted molar refractivity (Wildman–Crippen MR) is 96.6 cm³/mol. The predicted octanol–water partition coefficient (Wildman–Crippen LogP) is 3.86. The van der Waals surface area contributed by atoms with E-state index in [0.717, 1.165) is 19.3 Å². The van der Waals surface area contributed by atoms with Crippen LogP contribution in [0.3, 0.4) is 0 Å². The number of benzene rings is 1. The van der Waals surface area contributed by atoms with Crippen molar-refractivity contribution in [3.8, 4) is 5.75 Å². The molecule has 0 radical (unpaired) electrons. The van der Waals surface area contributed by atoms with Gasteiger partial charge in [0.1, 0.15) is 5.75 Å². The fraction of sp³-hybridized carbons (Fsp3) is 0.632. The Morgan fingerprint density at radius 3 is 2.67 bits per heavy atom. The third kappa shape index (κ3) is 3.70. The monoisotopic (exact) mass is 350 g/mol. The number of piperidine rings is 1. The summed E-state index contributed by atoms with van der Waals surface area (Å²) in [6.45, 7) is 5.57. The highest BCUT2D eigenvalue weighted by Gasteiger charge is 2.36. The van der Waals surface area contributed by atoms with Gasteiger partial charge in [0, 0.05) is 24.2 Å². The lowest BCUT2D eigenvalue weighted by atomic mass is 9.79. The van der Waals surface area contributed by atoms with Crippen LogP contribution >= 0.6 is 11.6 Å². The molecule has 0 spiro atoms. The molecule has 2 aliphatic rings. The van der Waals surface area contributed by atoms with Gasteiger partial charge in [0.15, 0.2) is 0 Å². The summed E-state index contributed by atoms with van der Waals surface area (Å²) in [5.74, 6) is 0.648. The molecule has 24 heavy (non-hydrogen) atoms. The highest BCUT2D eigenvalue weighted by Crippen LogP contribution is 2.32. The van der Waals surface area contributed by atoms with Gasteiger partial charge in [-0.3, -0.25) is 4.79 Å². The van der Waals surface area contributed by atoms with Crippen molar-refractivity contribution < 1.29 is 9.53 Å². The van der Waals surface area contributed by atoms with Gasteiger partial charge in [0.2, 0.25) is 0 Å². The smallest absolute Gasteiger partial charge is 0.257 e. The molecule has 132 valence electrons. The molecule has 1 aromatic rings. The van der Waals surface area contributed by atoms with Crippen molar-refractivity contribution >= 4 is 17.5 Å². The number of carbonyl (C=O) groups excluding carboxylic acids is 1. The van der Waals surface area contributed by atoms with Crippen molar-refractivity contribution in [1.29, 1.82) is 0 Å². The maximum atomic E-state index is 13.1. The fourth-order valence-electron chi connectivity index (χ4n) is 3.68. The molecule has 3 rings (SSSR count). The molecule has 4 nitrogen and oxygen atoms in total. The van der Waals surface area contributed by atoms with Crippen LogP contribution in [0.4, 0.5) is 0 Å². The van der Waals surface area contributed by atoms with Gasteiger partial charge in [0.25, 0.3) is 5.91 Å². The van der Waals surface area contributed by atoms with Gasteiger partial charge in [-0.25, -0.2) is 0 Å². The number of carbonyl (C=O) groups is 1. The molecule has 1 saturated carbocycles. The third-order valence-electron chi connectivity index (χ3n) is 5.37. The summed E-state index contributed by atoms with van der Waals surface area (Å²) in [4.78, 5) is 15.0. The van der Waals surface area contributed by atoms with Crippen LogP contribution in [-0.2, 0) is 0 Å². The van der Waals surface area contributed by atoms with E-state index in [9.17, 15) is 4.79 Å². The van der Waals surface area contributed by atoms with Crippen LogP contribution in [0.2, 0.25) is 5.02 Å². The number of likely N-dealkylation sites (tertiary alicyclic amines) is 1. The average molecular weight is 351 g/mol. The molecule has 1 aliphatic heterocycles. The number of ether oxygens (including phenoxy) is 1. The Bertz CT molecular complexity index is 611. The molecule has 5 heteroatoms. The minimum Gasteiger partial charge on any atom is -0.490 e. The largest absolute Gasteiger partial charge is 0.490 e. The maximum absolute atomic E-state index is 13.1. The van der Waals surface area contributed by atoms with Gasteiger partial charge < -0.3 is 15.4 Å². The van der Waals surface area contributed by atoms with Crippen LogP contribution in [0.25, 0.3) is 0 Å². The zero-order valence-corrected chi connectivity index (χ0v) is 15.3.